The fourth-order valence-corrected chi connectivity index (χ4v) is 2.20. The highest BCUT2D eigenvalue weighted by Crippen LogP contribution is 2.17. The Hall–Kier alpha value is -0.680. The van der Waals surface area contributed by atoms with Crippen molar-refractivity contribution < 1.29 is 4.74 Å². The molecule has 4 nitrogen and oxygen atoms in total. The van der Waals surface area contributed by atoms with Crippen LogP contribution in [0.5, 0.6) is 0 Å². The van der Waals surface area contributed by atoms with Crippen molar-refractivity contribution in [3.05, 3.63) is 5.01 Å². The quantitative estimate of drug-likeness (QED) is 0.829. The predicted octanol–water partition coefficient (Wildman–Crippen LogP) is 1.83. The van der Waals surface area contributed by atoms with Crippen molar-refractivity contribution in [2.45, 2.75) is 32.3 Å². The third-order valence-electron chi connectivity index (χ3n) is 2.29. The highest BCUT2D eigenvalue weighted by molar-refractivity contribution is 7.15. The molecule has 0 bridgehead atoms. The molecule has 1 N–H and O–H groups in total. The van der Waals surface area contributed by atoms with Crippen LogP contribution in [0.4, 0.5) is 5.13 Å². The zero-order valence-electron chi connectivity index (χ0n) is 8.32. The number of rotatable bonds is 4. The Morgan fingerprint density at radius 2 is 2.50 bits per heavy atom. The molecule has 0 aliphatic carbocycles. The molecule has 2 rings (SSSR count). The molecule has 1 aromatic heterocycles. The Labute approximate surface area is 87.7 Å². The summed E-state index contributed by atoms with van der Waals surface area (Å²) in [5.41, 5.74) is 0. The molecule has 1 fully saturated rings. The first-order valence-corrected chi connectivity index (χ1v) is 5.82. The first-order chi connectivity index (χ1) is 6.84. The van der Waals surface area contributed by atoms with Gasteiger partial charge in [-0.3, -0.25) is 0 Å². The molecule has 14 heavy (non-hydrogen) atoms. The number of nitrogens with one attached hydrogen (secondary N) is 1. The summed E-state index contributed by atoms with van der Waals surface area (Å²) in [6.07, 6.45) is 3.94. The smallest absolute Gasteiger partial charge is 0.205 e. The van der Waals surface area contributed by atoms with Gasteiger partial charge in [-0.25, -0.2) is 0 Å². The second kappa shape index (κ2) is 4.70. The van der Waals surface area contributed by atoms with E-state index in [2.05, 4.69) is 15.5 Å². The molecule has 1 aliphatic rings. The minimum Gasteiger partial charge on any atom is -0.378 e. The number of nitrogens with zero attached hydrogens (tertiary/aromatic N) is 2. The highest BCUT2D eigenvalue weighted by Gasteiger charge is 2.14. The van der Waals surface area contributed by atoms with Crippen molar-refractivity contribution in [2.75, 3.05) is 18.5 Å². The van der Waals surface area contributed by atoms with Crippen LogP contribution in [-0.2, 0) is 4.74 Å². The van der Waals surface area contributed by atoms with Crippen LogP contribution in [0.1, 0.15) is 24.3 Å². The summed E-state index contributed by atoms with van der Waals surface area (Å²) in [6, 6.07) is 0. The molecule has 0 spiro atoms. The van der Waals surface area contributed by atoms with Crippen molar-refractivity contribution >= 4 is 16.5 Å². The summed E-state index contributed by atoms with van der Waals surface area (Å²) >= 11 is 1.60. The fourth-order valence-electron chi connectivity index (χ4n) is 1.58. The summed E-state index contributed by atoms with van der Waals surface area (Å²) in [7, 11) is 0. The second-order valence-electron chi connectivity index (χ2n) is 3.48. The summed E-state index contributed by atoms with van der Waals surface area (Å²) in [4.78, 5) is 0. The lowest BCUT2D eigenvalue weighted by Crippen LogP contribution is -2.12. The molecule has 0 saturated carbocycles. The Morgan fingerprint density at radius 1 is 1.57 bits per heavy atom. The third kappa shape index (κ3) is 2.65. The van der Waals surface area contributed by atoms with E-state index in [9.17, 15) is 0 Å². The van der Waals surface area contributed by atoms with Crippen LogP contribution in [0.3, 0.4) is 0 Å². The molecule has 1 atom stereocenters. The number of anilines is 1. The maximum Gasteiger partial charge on any atom is 0.205 e. The van der Waals surface area contributed by atoms with Gasteiger partial charge in [0.25, 0.3) is 0 Å². The van der Waals surface area contributed by atoms with Crippen LogP contribution in [0.25, 0.3) is 0 Å². The lowest BCUT2D eigenvalue weighted by molar-refractivity contribution is 0.107. The average molecular weight is 213 g/mol. The summed E-state index contributed by atoms with van der Waals surface area (Å²) in [6.45, 7) is 3.82. The maximum absolute atomic E-state index is 5.52. The molecule has 0 radical (unpaired) electrons. The zero-order chi connectivity index (χ0) is 9.80. The van der Waals surface area contributed by atoms with E-state index in [0.717, 1.165) is 29.7 Å². The molecular formula is C9H15N3OS. The van der Waals surface area contributed by atoms with Crippen molar-refractivity contribution in [2.24, 2.45) is 0 Å². The zero-order valence-corrected chi connectivity index (χ0v) is 9.14. The number of aromatic nitrogens is 2. The van der Waals surface area contributed by atoms with Crippen molar-refractivity contribution in [3.8, 4) is 0 Å². The molecule has 2 heterocycles. The Bertz CT molecular complexity index is 283. The maximum atomic E-state index is 5.52. The largest absolute Gasteiger partial charge is 0.378 e. The van der Waals surface area contributed by atoms with Gasteiger partial charge in [0.05, 0.1) is 6.10 Å². The normalized spacial score (nSPS) is 21.4. The van der Waals surface area contributed by atoms with Crippen LogP contribution in [0.2, 0.25) is 0 Å². The van der Waals surface area contributed by atoms with Crippen LogP contribution in [-0.4, -0.2) is 29.5 Å². The van der Waals surface area contributed by atoms with Gasteiger partial charge in [0, 0.05) is 13.2 Å². The number of aryl methyl sites for hydroxylation is 1. The van der Waals surface area contributed by atoms with E-state index in [0.29, 0.717) is 6.10 Å². The van der Waals surface area contributed by atoms with E-state index in [1.165, 1.54) is 12.8 Å². The van der Waals surface area contributed by atoms with Crippen LogP contribution >= 0.6 is 11.3 Å². The van der Waals surface area contributed by atoms with Gasteiger partial charge in [-0.15, -0.1) is 10.2 Å². The topological polar surface area (TPSA) is 47.0 Å². The minimum atomic E-state index is 0.455. The average Bonchev–Trinajstić information content (AvgIpc) is 2.77. The van der Waals surface area contributed by atoms with Gasteiger partial charge in [0.2, 0.25) is 5.13 Å². The van der Waals surface area contributed by atoms with Crippen molar-refractivity contribution in [1.82, 2.24) is 10.2 Å². The van der Waals surface area contributed by atoms with E-state index in [1.807, 2.05) is 6.92 Å². The molecule has 0 aromatic carbocycles. The molecule has 78 valence electrons. The number of hydrogen-bond acceptors (Lipinski definition) is 5. The monoisotopic (exact) mass is 213 g/mol. The van der Waals surface area contributed by atoms with E-state index >= 15 is 0 Å². The predicted molar refractivity (Wildman–Crippen MR) is 56.7 cm³/mol. The van der Waals surface area contributed by atoms with Gasteiger partial charge < -0.3 is 10.1 Å². The Morgan fingerprint density at radius 3 is 3.14 bits per heavy atom. The molecule has 1 unspecified atom stereocenters. The highest BCUT2D eigenvalue weighted by atomic mass is 32.1. The van der Waals surface area contributed by atoms with E-state index < -0.39 is 0 Å². The van der Waals surface area contributed by atoms with E-state index in [1.54, 1.807) is 11.3 Å². The van der Waals surface area contributed by atoms with Crippen LogP contribution in [0, 0.1) is 6.92 Å². The van der Waals surface area contributed by atoms with Crippen molar-refractivity contribution in [1.29, 1.82) is 0 Å². The molecule has 1 saturated heterocycles. The Kier molecular flexibility index (Phi) is 3.31. The summed E-state index contributed by atoms with van der Waals surface area (Å²) in [5, 5.41) is 13.1. The summed E-state index contributed by atoms with van der Waals surface area (Å²) in [5.74, 6) is 0. The SMILES string of the molecule is Cc1nnc(NCCC2CCCO2)s1. The fraction of sp³-hybridized carbons (Fsp3) is 0.778. The van der Waals surface area contributed by atoms with Gasteiger partial charge in [-0.1, -0.05) is 11.3 Å². The lowest BCUT2D eigenvalue weighted by Gasteiger charge is -2.08. The molecule has 0 amide bonds. The van der Waals surface area contributed by atoms with Gasteiger partial charge in [-0.2, -0.15) is 0 Å². The van der Waals surface area contributed by atoms with Gasteiger partial charge in [0.15, 0.2) is 0 Å². The number of hydrogen-bond donors (Lipinski definition) is 1. The first kappa shape index (κ1) is 9.86. The third-order valence-corrected chi connectivity index (χ3v) is 3.09. The van der Waals surface area contributed by atoms with E-state index in [4.69, 9.17) is 4.74 Å². The molecule has 1 aromatic rings. The van der Waals surface area contributed by atoms with Gasteiger partial charge in [0.1, 0.15) is 5.01 Å². The summed E-state index contributed by atoms with van der Waals surface area (Å²) < 4.78 is 5.52. The van der Waals surface area contributed by atoms with Crippen LogP contribution < -0.4 is 5.32 Å². The van der Waals surface area contributed by atoms with Crippen LogP contribution in [0.15, 0.2) is 0 Å². The van der Waals surface area contributed by atoms with E-state index in [-0.39, 0.29) is 0 Å². The Balaban J connectivity index is 1.67. The molecular weight excluding hydrogens is 198 g/mol. The first-order valence-electron chi connectivity index (χ1n) is 5.00. The minimum absolute atomic E-state index is 0.455. The molecule has 1 aliphatic heterocycles. The molecule has 5 heteroatoms. The van der Waals surface area contributed by atoms with Gasteiger partial charge >= 0.3 is 0 Å². The lowest BCUT2D eigenvalue weighted by atomic mass is 10.2. The number of ether oxygens (including phenoxy) is 1. The van der Waals surface area contributed by atoms with Gasteiger partial charge in [-0.05, 0) is 26.2 Å². The standard InChI is InChI=1S/C9H15N3OS/c1-7-11-12-9(14-7)10-5-4-8-3-2-6-13-8/h8H,2-6H2,1H3,(H,10,12). The van der Waals surface area contributed by atoms with Crippen molar-refractivity contribution in [3.63, 3.8) is 0 Å². The second-order valence-corrected chi connectivity index (χ2v) is 4.66.